The second kappa shape index (κ2) is 13.4. The van der Waals surface area contributed by atoms with Crippen molar-refractivity contribution in [3.63, 3.8) is 0 Å². The second-order valence-corrected chi connectivity index (χ2v) is 14.3. The van der Waals surface area contributed by atoms with Crippen molar-refractivity contribution in [3.8, 4) is 11.5 Å². The molecule has 1 fully saturated rings. The summed E-state index contributed by atoms with van der Waals surface area (Å²) in [7, 11) is -7.11. The molecule has 0 amide bonds. The minimum Gasteiger partial charge on any atom is -0.416 e. The number of hydrogen-bond acceptors (Lipinski definition) is 7. The summed E-state index contributed by atoms with van der Waals surface area (Å²) in [5.41, 5.74) is 1.83. The quantitative estimate of drug-likeness (QED) is 0.289. The van der Waals surface area contributed by atoms with Crippen LogP contribution < -0.4 is 40.2 Å². The highest BCUT2D eigenvalue weighted by molar-refractivity contribution is 8.01. The zero-order chi connectivity index (χ0) is 29.6. The molecule has 0 saturated carbocycles. The topological polar surface area (TPSA) is 119 Å². The van der Waals surface area contributed by atoms with Crippen LogP contribution in [0.25, 0.3) is 11.5 Å². The molecule has 1 aliphatic heterocycles. The van der Waals surface area contributed by atoms with Gasteiger partial charge < -0.3 is 9.32 Å². The van der Waals surface area contributed by atoms with Gasteiger partial charge >= 0.3 is 0 Å². The van der Waals surface area contributed by atoms with E-state index in [2.05, 4.69) is 95.9 Å². The van der Waals surface area contributed by atoms with Crippen molar-refractivity contribution in [1.29, 1.82) is 0 Å². The van der Waals surface area contributed by atoms with E-state index < -0.39 is 17.5 Å². The van der Waals surface area contributed by atoms with Gasteiger partial charge in [-0.1, -0.05) is 78.3 Å². The van der Waals surface area contributed by atoms with Crippen LogP contribution in [0.4, 0.5) is 5.88 Å². The van der Waals surface area contributed by atoms with Crippen LogP contribution in [0, 0.1) is 10.2 Å². The molecule has 1 N–H and O–H groups in total. The summed E-state index contributed by atoms with van der Waals surface area (Å²) in [6.45, 7) is 1.92. The third kappa shape index (κ3) is 6.69. The molecule has 1 aliphatic rings. The second-order valence-electron chi connectivity index (χ2n) is 9.75. The summed E-state index contributed by atoms with van der Waals surface area (Å²) < 4.78 is 39.5. The Morgan fingerprint density at radius 3 is 1.57 bits per heavy atom. The molecule has 6 rings (SSSR count). The average molecular weight is 624 g/mol. The zero-order valence-corrected chi connectivity index (χ0v) is 25.1. The molecule has 7 nitrogen and oxygen atoms in total. The van der Waals surface area contributed by atoms with E-state index in [1.165, 1.54) is 22.3 Å². The molecule has 1 aromatic heterocycles. The Balaban J connectivity index is 0.000000652. The lowest BCUT2D eigenvalue weighted by molar-refractivity contribution is -1.92. The minimum atomic E-state index is -4.69. The molecule has 0 spiro atoms. The largest absolute Gasteiger partial charge is 0.416 e. The molecule has 0 atom stereocenters. The van der Waals surface area contributed by atoms with Crippen LogP contribution in [-0.2, 0) is 0 Å². The van der Waals surface area contributed by atoms with Crippen LogP contribution >= 0.6 is 18.9 Å². The van der Waals surface area contributed by atoms with Crippen LogP contribution in [0.5, 0.6) is 0 Å². The smallest absolute Gasteiger partial charge is 0.262 e. The lowest BCUT2D eigenvalue weighted by Gasteiger charge is -2.30. The Hall–Kier alpha value is -3.26. The van der Waals surface area contributed by atoms with Crippen LogP contribution in [0.2, 0.25) is 5.02 Å². The van der Waals surface area contributed by atoms with Gasteiger partial charge in [0.05, 0.1) is 25.5 Å². The summed E-state index contributed by atoms with van der Waals surface area (Å²) in [5.74, 6) is 1.45. The highest BCUT2D eigenvalue weighted by Gasteiger charge is 2.53. The van der Waals surface area contributed by atoms with Gasteiger partial charge in [-0.05, 0) is 67.8 Å². The number of aromatic nitrogens is 1. The van der Waals surface area contributed by atoms with Gasteiger partial charge in [-0.2, -0.15) is 19.0 Å². The first-order valence-corrected chi connectivity index (χ1v) is 16.9. The maximum Gasteiger partial charge on any atom is 0.262 e. The van der Waals surface area contributed by atoms with Crippen molar-refractivity contribution >= 4 is 46.1 Å². The third-order valence-corrected chi connectivity index (χ3v) is 11.6. The fraction of sp³-hybridized carbons (Fsp3) is 0.156. The minimum absolute atomic E-state index is 0.577. The molecule has 0 bridgehead atoms. The van der Waals surface area contributed by atoms with Crippen molar-refractivity contribution in [2.24, 2.45) is 0 Å². The maximum absolute atomic E-state index is 8.60. The molecule has 42 heavy (non-hydrogen) atoms. The van der Waals surface area contributed by atoms with E-state index in [0.717, 1.165) is 42.8 Å². The SMILES string of the molecule is Clc1ccccc1-c1nc([P+](c2ccccc2)(c2ccccc2)c2ccccc2)c(N2CCCCC2)o1.[O-][Cl+3]([O-])([O-])O. The lowest BCUT2D eigenvalue weighted by Crippen LogP contribution is -2.58. The van der Waals surface area contributed by atoms with Gasteiger partial charge in [-0.3, -0.25) is 0 Å². The Morgan fingerprint density at radius 1 is 0.690 bits per heavy atom. The predicted octanol–water partition coefficient (Wildman–Crippen LogP) is 2.48. The van der Waals surface area contributed by atoms with Crippen molar-refractivity contribution in [2.75, 3.05) is 18.0 Å². The summed E-state index contributed by atoms with van der Waals surface area (Å²) in [6, 6.07) is 40.3. The summed E-state index contributed by atoms with van der Waals surface area (Å²) >= 11 is 6.67. The first-order valence-electron chi connectivity index (χ1n) is 13.5. The van der Waals surface area contributed by atoms with Crippen molar-refractivity contribution in [2.45, 2.75) is 19.3 Å². The van der Waals surface area contributed by atoms with Crippen LogP contribution in [-0.4, -0.2) is 22.7 Å². The fourth-order valence-corrected chi connectivity index (χ4v) is 9.76. The van der Waals surface area contributed by atoms with E-state index >= 15 is 0 Å². The van der Waals surface area contributed by atoms with E-state index in [1.54, 1.807) is 0 Å². The van der Waals surface area contributed by atoms with E-state index in [1.807, 2.05) is 24.3 Å². The fourth-order valence-electron chi connectivity index (χ4n) is 5.34. The number of nitrogens with zero attached hydrogens (tertiary/aromatic N) is 2. The predicted molar refractivity (Wildman–Crippen MR) is 160 cm³/mol. The monoisotopic (exact) mass is 623 g/mol. The Labute approximate surface area is 252 Å². The highest BCUT2D eigenvalue weighted by Crippen LogP contribution is 2.56. The van der Waals surface area contributed by atoms with Gasteiger partial charge in [-0.25, -0.2) is 0 Å². The number of hydrogen-bond donors (Lipinski definition) is 1. The number of benzene rings is 4. The van der Waals surface area contributed by atoms with Gasteiger partial charge in [-0.15, -0.1) is 0 Å². The Bertz CT molecular complexity index is 1470. The molecule has 1 saturated heterocycles. The number of anilines is 1. The number of rotatable bonds is 6. The summed E-state index contributed by atoms with van der Waals surface area (Å²) in [6.07, 6.45) is 3.54. The molecule has 0 radical (unpaired) electrons. The molecular formula is C32H30Cl2N2O5P+. The van der Waals surface area contributed by atoms with Gasteiger partial charge in [0.2, 0.25) is 5.89 Å². The number of halogens is 2. The zero-order valence-electron chi connectivity index (χ0n) is 22.7. The molecule has 4 aromatic carbocycles. The molecule has 5 aromatic rings. The standard InChI is InChI=1S/C32H29ClN2OP.ClHO4/c33-29-22-12-11-21-28(29)30-34-31(32(36-30)35-23-13-4-14-24-35)37(25-15-5-1-6-16-25,26-17-7-2-8-18-26)27-19-9-3-10-20-27;2-1(3,4)5/h1-3,5-12,15-22H,4,13-14,23-24H2;(H,2,3,4,5)/q+1;. The first kappa shape index (κ1) is 30.2. The first-order chi connectivity index (χ1) is 20.3. The van der Waals surface area contributed by atoms with E-state index in [9.17, 15) is 0 Å². The van der Waals surface area contributed by atoms with Crippen molar-refractivity contribution < 1.29 is 33.3 Å². The molecule has 2 heterocycles. The van der Waals surface area contributed by atoms with Crippen LogP contribution in [0.3, 0.4) is 0 Å². The molecule has 10 heteroatoms. The number of piperidine rings is 1. The van der Waals surface area contributed by atoms with E-state index in [4.69, 9.17) is 39.6 Å². The van der Waals surface area contributed by atoms with Gasteiger partial charge in [0.25, 0.3) is 11.3 Å². The molecule has 216 valence electrons. The summed E-state index contributed by atoms with van der Waals surface area (Å²) in [5, 5.41) is 4.41. The van der Waals surface area contributed by atoms with Crippen LogP contribution in [0.1, 0.15) is 19.3 Å². The van der Waals surface area contributed by atoms with E-state index in [0.29, 0.717) is 10.9 Å². The molecule has 0 aliphatic carbocycles. The Morgan fingerprint density at radius 2 is 1.12 bits per heavy atom. The average Bonchev–Trinajstić information content (AvgIpc) is 3.45. The normalized spacial score (nSPS) is 13.8. The number of oxazole rings is 1. The van der Waals surface area contributed by atoms with Crippen molar-refractivity contribution in [1.82, 2.24) is 4.98 Å². The third-order valence-electron chi connectivity index (χ3n) is 7.09. The van der Waals surface area contributed by atoms with Gasteiger partial charge in [0.15, 0.2) is 7.26 Å². The van der Waals surface area contributed by atoms with Gasteiger partial charge in [0.1, 0.15) is 15.9 Å². The van der Waals surface area contributed by atoms with Gasteiger partial charge in [0, 0.05) is 13.1 Å². The van der Waals surface area contributed by atoms with E-state index in [-0.39, 0.29) is 0 Å². The highest BCUT2D eigenvalue weighted by atomic mass is 35.7. The van der Waals surface area contributed by atoms with Crippen molar-refractivity contribution in [3.05, 3.63) is 120 Å². The molecular weight excluding hydrogens is 594 g/mol. The molecule has 0 unspecified atom stereocenters. The lowest BCUT2D eigenvalue weighted by atomic mass is 10.1. The summed E-state index contributed by atoms with van der Waals surface area (Å²) in [4.78, 5) is 7.77. The Kier molecular flexibility index (Phi) is 9.61. The maximum atomic E-state index is 8.60. The van der Waals surface area contributed by atoms with Crippen LogP contribution in [0.15, 0.2) is 120 Å².